The topological polar surface area (TPSA) is 32.3 Å². The maximum absolute atomic E-state index is 8.63. The summed E-state index contributed by atoms with van der Waals surface area (Å²) in [4.78, 5) is 0. The first kappa shape index (κ1) is 10.7. The van der Waals surface area contributed by atoms with Gasteiger partial charge in [0.2, 0.25) is 0 Å². The normalized spacial score (nSPS) is 28.0. The molecule has 1 aliphatic rings. The van der Waals surface area contributed by atoms with E-state index in [1.54, 1.807) is 0 Å². The molecule has 0 saturated heterocycles. The van der Waals surface area contributed by atoms with E-state index in [1.807, 2.05) is 14.1 Å². The second-order valence-electron chi connectivity index (χ2n) is 3.04. The molecular formula is C9H19NO. The van der Waals surface area contributed by atoms with Crippen molar-refractivity contribution >= 4 is 0 Å². The van der Waals surface area contributed by atoms with Crippen LogP contribution in [0.5, 0.6) is 0 Å². The molecule has 2 atom stereocenters. The Balaban J connectivity index is 0.000000292. The molecule has 0 aromatic rings. The van der Waals surface area contributed by atoms with Crippen LogP contribution in [0, 0.1) is 11.8 Å². The molecule has 0 saturated carbocycles. The lowest BCUT2D eigenvalue weighted by Crippen LogP contribution is -1.99. The molecule has 2 N–H and O–H groups in total. The van der Waals surface area contributed by atoms with Crippen molar-refractivity contribution in [1.82, 2.24) is 5.32 Å². The van der Waals surface area contributed by atoms with Crippen molar-refractivity contribution in [1.29, 1.82) is 0 Å². The molecule has 0 amide bonds. The van der Waals surface area contributed by atoms with Crippen molar-refractivity contribution in [2.45, 2.75) is 13.3 Å². The van der Waals surface area contributed by atoms with Crippen LogP contribution in [-0.4, -0.2) is 25.8 Å². The molecule has 0 bridgehead atoms. The summed E-state index contributed by atoms with van der Waals surface area (Å²) in [5.74, 6) is 1.14. The molecule has 0 aromatic heterocycles. The van der Waals surface area contributed by atoms with E-state index in [1.165, 1.54) is 0 Å². The molecule has 0 heterocycles. The Morgan fingerprint density at radius 1 is 1.45 bits per heavy atom. The lowest BCUT2D eigenvalue weighted by atomic mass is 10.1. The average Bonchev–Trinajstić information content (AvgIpc) is 2.37. The monoisotopic (exact) mass is 157 g/mol. The molecule has 0 aromatic carbocycles. The third-order valence-corrected chi connectivity index (χ3v) is 1.62. The quantitative estimate of drug-likeness (QED) is 0.557. The summed E-state index contributed by atoms with van der Waals surface area (Å²) in [6.45, 7) is 2.49. The van der Waals surface area contributed by atoms with Crippen LogP contribution in [0.2, 0.25) is 0 Å². The van der Waals surface area contributed by atoms with Gasteiger partial charge in [-0.25, -0.2) is 0 Å². The second-order valence-corrected chi connectivity index (χ2v) is 3.04. The van der Waals surface area contributed by atoms with Crippen LogP contribution >= 0.6 is 0 Å². The first-order valence-corrected chi connectivity index (χ1v) is 4.12. The van der Waals surface area contributed by atoms with Gasteiger partial charge in [-0.3, -0.25) is 0 Å². The smallest absolute Gasteiger partial charge is 0.0494 e. The van der Waals surface area contributed by atoms with E-state index in [2.05, 4.69) is 24.4 Å². The summed E-state index contributed by atoms with van der Waals surface area (Å²) in [7, 11) is 3.75. The van der Waals surface area contributed by atoms with Crippen LogP contribution in [-0.2, 0) is 0 Å². The molecule has 2 nitrogen and oxygen atoms in total. The van der Waals surface area contributed by atoms with E-state index in [4.69, 9.17) is 5.11 Å². The second kappa shape index (κ2) is 6.38. The third-order valence-electron chi connectivity index (χ3n) is 1.62. The molecule has 0 radical (unpaired) electrons. The van der Waals surface area contributed by atoms with Crippen molar-refractivity contribution in [3.8, 4) is 0 Å². The summed E-state index contributed by atoms with van der Waals surface area (Å²) in [6.07, 6.45) is 5.40. The fourth-order valence-electron chi connectivity index (χ4n) is 1.12. The van der Waals surface area contributed by atoms with Crippen molar-refractivity contribution in [2.24, 2.45) is 11.8 Å². The third kappa shape index (κ3) is 4.99. The van der Waals surface area contributed by atoms with Crippen molar-refractivity contribution < 1.29 is 5.11 Å². The molecule has 11 heavy (non-hydrogen) atoms. The highest BCUT2D eigenvalue weighted by Crippen LogP contribution is 2.21. The van der Waals surface area contributed by atoms with Gasteiger partial charge in [0.15, 0.2) is 0 Å². The lowest BCUT2D eigenvalue weighted by Gasteiger charge is -2.01. The van der Waals surface area contributed by atoms with Crippen molar-refractivity contribution in [2.75, 3.05) is 20.7 Å². The van der Waals surface area contributed by atoms with Gasteiger partial charge < -0.3 is 10.4 Å². The minimum atomic E-state index is 0.320. The molecule has 66 valence electrons. The minimum absolute atomic E-state index is 0.320. The largest absolute Gasteiger partial charge is 0.396 e. The van der Waals surface area contributed by atoms with E-state index >= 15 is 0 Å². The van der Waals surface area contributed by atoms with Gasteiger partial charge in [0.1, 0.15) is 0 Å². The van der Waals surface area contributed by atoms with E-state index in [0.29, 0.717) is 18.4 Å². The first-order valence-electron chi connectivity index (χ1n) is 4.12. The van der Waals surface area contributed by atoms with Gasteiger partial charge in [0.25, 0.3) is 0 Å². The number of aliphatic hydroxyl groups excluding tert-OH is 1. The summed E-state index contributed by atoms with van der Waals surface area (Å²) >= 11 is 0. The van der Waals surface area contributed by atoms with Crippen molar-refractivity contribution in [3.05, 3.63) is 12.2 Å². The van der Waals surface area contributed by atoms with Gasteiger partial charge in [0.05, 0.1) is 0 Å². The standard InChI is InChI=1S/C7H12O.C2H7N/c1-6-2-3-7(4-6)5-8;1-3-2/h2-3,6-8H,4-5H2,1H3;3H,1-2H3/t6?,7-;/m0./s1. The van der Waals surface area contributed by atoms with Gasteiger partial charge in [-0.2, -0.15) is 0 Å². The average molecular weight is 157 g/mol. The Labute approximate surface area is 69.3 Å². The molecule has 1 aliphatic carbocycles. The Bertz CT molecular complexity index is 112. The predicted octanol–water partition coefficient (Wildman–Crippen LogP) is 1.03. The van der Waals surface area contributed by atoms with Crippen LogP contribution in [0.3, 0.4) is 0 Å². The van der Waals surface area contributed by atoms with E-state index in [9.17, 15) is 0 Å². The molecule has 1 rings (SSSR count). The first-order chi connectivity index (χ1) is 5.24. The molecule has 0 spiro atoms. The summed E-state index contributed by atoms with van der Waals surface area (Å²) in [5, 5.41) is 11.4. The van der Waals surface area contributed by atoms with E-state index in [-0.39, 0.29) is 0 Å². The Hall–Kier alpha value is -0.340. The highest BCUT2D eigenvalue weighted by molar-refractivity contribution is 4.99. The number of rotatable bonds is 1. The lowest BCUT2D eigenvalue weighted by molar-refractivity contribution is 0.246. The van der Waals surface area contributed by atoms with Gasteiger partial charge >= 0.3 is 0 Å². The van der Waals surface area contributed by atoms with Crippen LogP contribution in [0.25, 0.3) is 0 Å². The summed E-state index contributed by atoms with van der Waals surface area (Å²) < 4.78 is 0. The van der Waals surface area contributed by atoms with E-state index in [0.717, 1.165) is 6.42 Å². The number of nitrogens with one attached hydrogen (secondary N) is 1. The summed E-state index contributed by atoms with van der Waals surface area (Å²) in [5.41, 5.74) is 0. The van der Waals surface area contributed by atoms with Gasteiger partial charge in [-0.05, 0) is 26.4 Å². The zero-order chi connectivity index (χ0) is 8.69. The summed E-state index contributed by atoms with van der Waals surface area (Å²) in [6, 6.07) is 0. The maximum Gasteiger partial charge on any atom is 0.0494 e. The minimum Gasteiger partial charge on any atom is -0.396 e. The van der Waals surface area contributed by atoms with Crippen LogP contribution in [0.1, 0.15) is 13.3 Å². The Kier molecular flexibility index (Phi) is 6.18. The number of hydrogen-bond acceptors (Lipinski definition) is 2. The number of hydrogen-bond donors (Lipinski definition) is 2. The van der Waals surface area contributed by atoms with Gasteiger partial charge in [-0.15, -0.1) is 0 Å². The molecule has 1 unspecified atom stereocenters. The van der Waals surface area contributed by atoms with Crippen LogP contribution < -0.4 is 5.32 Å². The fraction of sp³-hybridized carbons (Fsp3) is 0.778. The number of allylic oxidation sites excluding steroid dienone is 1. The fourth-order valence-corrected chi connectivity index (χ4v) is 1.12. The zero-order valence-electron chi connectivity index (χ0n) is 7.67. The molecule has 2 heteroatoms. The Morgan fingerprint density at radius 3 is 2.18 bits per heavy atom. The molecule has 0 fully saturated rings. The highest BCUT2D eigenvalue weighted by Gasteiger charge is 2.12. The molecule has 0 aliphatic heterocycles. The van der Waals surface area contributed by atoms with Gasteiger partial charge in [-0.1, -0.05) is 19.1 Å². The Morgan fingerprint density at radius 2 is 2.00 bits per heavy atom. The zero-order valence-corrected chi connectivity index (χ0v) is 7.67. The SMILES string of the molecule is CC1C=C[C@H](CO)C1.CNC. The highest BCUT2D eigenvalue weighted by atomic mass is 16.3. The number of aliphatic hydroxyl groups is 1. The van der Waals surface area contributed by atoms with Gasteiger partial charge in [0, 0.05) is 12.5 Å². The van der Waals surface area contributed by atoms with E-state index < -0.39 is 0 Å². The maximum atomic E-state index is 8.63. The van der Waals surface area contributed by atoms with Crippen molar-refractivity contribution in [3.63, 3.8) is 0 Å². The molecular weight excluding hydrogens is 138 g/mol. The van der Waals surface area contributed by atoms with Crippen LogP contribution in [0.4, 0.5) is 0 Å². The predicted molar refractivity (Wildman–Crippen MR) is 48.5 cm³/mol. The van der Waals surface area contributed by atoms with Crippen LogP contribution in [0.15, 0.2) is 12.2 Å².